The summed E-state index contributed by atoms with van der Waals surface area (Å²) in [4.78, 5) is 17.2. The number of carbonyl (C=O) groups is 1. The minimum atomic E-state index is -0.0506. The van der Waals surface area contributed by atoms with Gasteiger partial charge in [-0.3, -0.25) is 9.69 Å². The highest BCUT2D eigenvalue weighted by Crippen LogP contribution is 2.49. The Kier molecular flexibility index (Phi) is 5.29. The molecule has 9 heteroatoms. The molecule has 0 atom stereocenters. The lowest BCUT2D eigenvalue weighted by Gasteiger charge is -2.31. The van der Waals surface area contributed by atoms with E-state index in [4.69, 9.17) is 16.0 Å². The second kappa shape index (κ2) is 8.11. The first-order valence-corrected chi connectivity index (χ1v) is 11.7. The summed E-state index contributed by atoms with van der Waals surface area (Å²) < 4.78 is 7.25. The Hall–Kier alpha value is -2.68. The number of anilines is 2. The molecule has 6 nitrogen and oxygen atoms in total. The van der Waals surface area contributed by atoms with E-state index in [2.05, 4.69) is 10.2 Å². The first-order chi connectivity index (χ1) is 15.0. The highest BCUT2D eigenvalue weighted by atomic mass is 35.5. The van der Waals surface area contributed by atoms with Crippen LogP contribution in [0, 0.1) is 6.92 Å². The van der Waals surface area contributed by atoms with Crippen molar-refractivity contribution in [2.75, 3.05) is 10.7 Å². The Balaban J connectivity index is 1.43. The molecule has 0 aliphatic carbocycles. The Labute approximate surface area is 192 Å². The lowest BCUT2D eigenvalue weighted by molar-refractivity contribution is -0.115. The quantitative estimate of drug-likeness (QED) is 0.344. The molecule has 1 aliphatic rings. The van der Waals surface area contributed by atoms with Crippen molar-refractivity contribution in [1.82, 2.24) is 14.8 Å². The lowest BCUT2D eigenvalue weighted by Crippen LogP contribution is -2.30. The number of carbonyl (C=O) groups excluding carboxylic acids is 1. The van der Waals surface area contributed by atoms with Crippen LogP contribution in [-0.4, -0.2) is 26.4 Å². The number of amides is 1. The zero-order chi connectivity index (χ0) is 21.5. The second-order valence-electron chi connectivity index (χ2n) is 6.96. The maximum Gasteiger partial charge on any atom is 0.242 e. The van der Waals surface area contributed by atoms with Crippen LogP contribution in [0.25, 0.3) is 11.4 Å². The van der Waals surface area contributed by atoms with Gasteiger partial charge in [-0.15, -0.1) is 10.2 Å². The summed E-state index contributed by atoms with van der Waals surface area (Å²) in [5.74, 6) is 1.64. The van der Waals surface area contributed by atoms with E-state index in [-0.39, 0.29) is 11.7 Å². The average molecular weight is 469 g/mol. The smallest absolute Gasteiger partial charge is 0.242 e. The number of nitrogens with zero attached hydrogens (tertiary/aromatic N) is 4. The molecule has 0 bridgehead atoms. The van der Waals surface area contributed by atoms with Crippen molar-refractivity contribution in [3.8, 4) is 11.4 Å². The molecule has 1 aliphatic heterocycles. The maximum atomic E-state index is 13.4. The Bertz CT molecular complexity index is 1300. The molecule has 0 spiro atoms. The molecule has 2 aromatic carbocycles. The molecule has 0 unspecified atom stereocenters. The van der Waals surface area contributed by atoms with Gasteiger partial charge in [0, 0.05) is 21.9 Å². The molecular formula is C22H17ClN4O2S2. The number of furan rings is 1. The van der Waals surface area contributed by atoms with Crippen LogP contribution < -0.4 is 4.90 Å². The fraction of sp³-hybridized carbons (Fsp3) is 0.136. The monoisotopic (exact) mass is 468 g/mol. The Morgan fingerprint density at radius 3 is 2.74 bits per heavy atom. The lowest BCUT2D eigenvalue weighted by atomic mass is 10.2. The van der Waals surface area contributed by atoms with Gasteiger partial charge in [-0.25, -0.2) is 0 Å². The summed E-state index contributed by atoms with van der Waals surface area (Å²) in [5.41, 5.74) is 2.55. The summed E-state index contributed by atoms with van der Waals surface area (Å²) >= 11 is 9.24. The predicted octanol–water partition coefficient (Wildman–Crippen LogP) is 5.96. The first kappa shape index (κ1) is 20.2. The summed E-state index contributed by atoms with van der Waals surface area (Å²) in [5, 5.41) is 9.81. The van der Waals surface area contributed by atoms with Crippen molar-refractivity contribution in [2.24, 2.45) is 7.05 Å². The highest BCUT2D eigenvalue weighted by molar-refractivity contribution is 8.00. The van der Waals surface area contributed by atoms with Gasteiger partial charge in [0.15, 0.2) is 11.0 Å². The number of para-hydroxylation sites is 1. The van der Waals surface area contributed by atoms with Crippen LogP contribution >= 0.6 is 35.1 Å². The SMILES string of the molecule is Cc1occc1-c1nnc(SCC(=O)N2c3ccccc3Sc3ccc(Cl)cc32)n1C. The second-order valence-corrected chi connectivity index (χ2v) is 9.42. The number of hydrogen-bond donors (Lipinski definition) is 0. The fourth-order valence-corrected chi connectivity index (χ4v) is 5.44. The van der Waals surface area contributed by atoms with E-state index in [1.807, 2.05) is 67.1 Å². The number of halogens is 1. The average Bonchev–Trinajstić information content (AvgIpc) is 3.35. The molecule has 31 heavy (non-hydrogen) atoms. The van der Waals surface area contributed by atoms with E-state index in [0.29, 0.717) is 16.0 Å². The van der Waals surface area contributed by atoms with Crippen LogP contribution in [0.2, 0.25) is 5.02 Å². The van der Waals surface area contributed by atoms with Crippen LogP contribution in [-0.2, 0) is 11.8 Å². The number of benzene rings is 2. The first-order valence-electron chi connectivity index (χ1n) is 9.49. The predicted molar refractivity (Wildman–Crippen MR) is 123 cm³/mol. The Morgan fingerprint density at radius 1 is 1.13 bits per heavy atom. The van der Waals surface area contributed by atoms with Crippen molar-refractivity contribution in [1.29, 1.82) is 0 Å². The minimum Gasteiger partial charge on any atom is -0.469 e. The van der Waals surface area contributed by atoms with Crippen molar-refractivity contribution >= 4 is 52.4 Å². The third-order valence-corrected chi connectivity index (χ3v) is 7.37. The third-order valence-electron chi connectivity index (χ3n) is 5.00. The van der Waals surface area contributed by atoms with Gasteiger partial charge in [0.05, 0.1) is 29.0 Å². The number of aryl methyl sites for hydroxylation is 1. The van der Waals surface area contributed by atoms with Gasteiger partial charge in [0.1, 0.15) is 5.76 Å². The van der Waals surface area contributed by atoms with Crippen LogP contribution in [0.3, 0.4) is 0 Å². The summed E-state index contributed by atoms with van der Waals surface area (Å²) in [7, 11) is 1.89. The van der Waals surface area contributed by atoms with E-state index in [9.17, 15) is 4.79 Å². The molecule has 2 aromatic heterocycles. The molecule has 3 heterocycles. The highest BCUT2D eigenvalue weighted by Gasteiger charge is 2.28. The minimum absolute atomic E-state index is 0.0506. The van der Waals surface area contributed by atoms with Crippen LogP contribution in [0.5, 0.6) is 0 Å². The molecule has 1 amide bonds. The number of aromatic nitrogens is 3. The van der Waals surface area contributed by atoms with Gasteiger partial charge in [-0.1, -0.05) is 47.3 Å². The van der Waals surface area contributed by atoms with Gasteiger partial charge in [0.2, 0.25) is 5.91 Å². The van der Waals surface area contributed by atoms with E-state index in [1.54, 1.807) is 22.9 Å². The maximum absolute atomic E-state index is 13.4. The molecular weight excluding hydrogens is 452 g/mol. The fourth-order valence-electron chi connectivity index (χ4n) is 3.48. The molecule has 5 rings (SSSR count). The van der Waals surface area contributed by atoms with Gasteiger partial charge in [-0.05, 0) is 43.3 Å². The van der Waals surface area contributed by atoms with E-state index in [1.165, 1.54) is 11.8 Å². The van der Waals surface area contributed by atoms with Crippen LogP contribution in [0.4, 0.5) is 11.4 Å². The third kappa shape index (κ3) is 3.64. The molecule has 156 valence electrons. The molecule has 0 radical (unpaired) electrons. The molecule has 4 aromatic rings. The van der Waals surface area contributed by atoms with E-state index < -0.39 is 0 Å². The van der Waals surface area contributed by atoms with Crippen LogP contribution in [0.15, 0.2) is 74.2 Å². The summed E-state index contributed by atoms with van der Waals surface area (Å²) in [6, 6.07) is 15.4. The zero-order valence-corrected chi connectivity index (χ0v) is 19.1. The van der Waals surface area contributed by atoms with Crippen LogP contribution in [0.1, 0.15) is 5.76 Å². The molecule has 0 saturated carbocycles. The van der Waals surface area contributed by atoms with Gasteiger partial charge >= 0.3 is 0 Å². The van der Waals surface area contributed by atoms with E-state index >= 15 is 0 Å². The number of rotatable bonds is 4. The largest absolute Gasteiger partial charge is 0.469 e. The van der Waals surface area contributed by atoms with Gasteiger partial charge < -0.3 is 8.98 Å². The standard InChI is InChI=1S/C22H17ClN4O2S2/c1-13-15(9-10-29-13)21-24-25-22(26(21)2)30-12-20(28)27-16-5-3-4-6-18(16)31-19-8-7-14(23)11-17(19)27/h3-11H,12H2,1-2H3. The van der Waals surface area contributed by atoms with Crippen molar-refractivity contribution in [2.45, 2.75) is 21.9 Å². The number of fused-ring (bicyclic) bond motifs is 2. The zero-order valence-electron chi connectivity index (χ0n) is 16.7. The van der Waals surface area contributed by atoms with E-state index in [0.717, 1.165) is 32.5 Å². The van der Waals surface area contributed by atoms with Gasteiger partial charge in [0.25, 0.3) is 0 Å². The van der Waals surface area contributed by atoms with Crippen molar-refractivity contribution < 1.29 is 9.21 Å². The van der Waals surface area contributed by atoms with Crippen molar-refractivity contribution in [3.05, 3.63) is 65.6 Å². The van der Waals surface area contributed by atoms with Crippen molar-refractivity contribution in [3.63, 3.8) is 0 Å². The summed E-state index contributed by atoms with van der Waals surface area (Å²) in [6.07, 6.45) is 1.63. The Morgan fingerprint density at radius 2 is 1.94 bits per heavy atom. The summed E-state index contributed by atoms with van der Waals surface area (Å²) in [6.45, 7) is 1.88. The molecule has 0 N–H and O–H groups in total. The molecule has 0 fully saturated rings. The number of thioether (sulfide) groups is 1. The van der Waals surface area contributed by atoms with Gasteiger partial charge in [-0.2, -0.15) is 0 Å². The molecule has 0 saturated heterocycles. The normalized spacial score (nSPS) is 12.5. The topological polar surface area (TPSA) is 64.2 Å². The number of hydrogen-bond acceptors (Lipinski definition) is 6.